The Morgan fingerprint density at radius 1 is 1.12 bits per heavy atom. The van der Waals surface area contributed by atoms with Crippen molar-refractivity contribution in [3.63, 3.8) is 0 Å². The second kappa shape index (κ2) is 9.38. The summed E-state index contributed by atoms with van der Waals surface area (Å²) < 4.78 is 40.7. The van der Waals surface area contributed by atoms with E-state index in [2.05, 4.69) is 20.4 Å². The minimum atomic E-state index is -4.79. The van der Waals surface area contributed by atoms with E-state index in [4.69, 9.17) is 11.1 Å². The van der Waals surface area contributed by atoms with Gasteiger partial charge in [-0.25, -0.2) is 9.78 Å². The summed E-state index contributed by atoms with van der Waals surface area (Å²) >= 11 is 0. The van der Waals surface area contributed by atoms with Gasteiger partial charge in [0.2, 0.25) is 0 Å². The number of carbonyl (C=O) groups excluding carboxylic acids is 1. The molecular formula is C22H20F3N5O2. The lowest BCUT2D eigenvalue weighted by atomic mass is 10.0. The first-order valence-corrected chi connectivity index (χ1v) is 9.45. The minimum Gasteiger partial charge on any atom is -0.406 e. The maximum absolute atomic E-state index is 12.3. The van der Waals surface area contributed by atoms with Gasteiger partial charge >= 0.3 is 12.4 Å². The molecule has 3 rings (SSSR count). The zero-order chi connectivity index (χ0) is 23.3. The molecule has 0 fully saturated rings. The Bertz CT molecular complexity index is 1100. The molecule has 0 bridgehead atoms. The molecule has 166 valence electrons. The monoisotopic (exact) mass is 443 g/mol. The second-order valence-electron chi connectivity index (χ2n) is 6.83. The molecule has 2 amide bonds. The molecule has 1 atom stereocenters. The van der Waals surface area contributed by atoms with Crippen LogP contribution in [0.15, 0.2) is 66.9 Å². The number of alkyl halides is 3. The van der Waals surface area contributed by atoms with Gasteiger partial charge < -0.3 is 15.8 Å². The Labute approximate surface area is 181 Å². The lowest BCUT2D eigenvalue weighted by Crippen LogP contribution is -2.31. The second-order valence-corrected chi connectivity index (χ2v) is 6.83. The first-order chi connectivity index (χ1) is 15.1. The number of carbonyl (C=O) groups is 1. The Morgan fingerprint density at radius 2 is 1.78 bits per heavy atom. The molecule has 0 aliphatic heterocycles. The van der Waals surface area contributed by atoms with Crippen LogP contribution in [0.1, 0.15) is 29.7 Å². The fourth-order valence-electron chi connectivity index (χ4n) is 2.90. The van der Waals surface area contributed by atoms with E-state index < -0.39 is 18.1 Å². The van der Waals surface area contributed by atoms with Crippen LogP contribution >= 0.6 is 0 Å². The van der Waals surface area contributed by atoms with Crippen molar-refractivity contribution >= 4 is 23.2 Å². The molecule has 0 spiro atoms. The molecule has 0 radical (unpaired) electrons. The highest BCUT2D eigenvalue weighted by molar-refractivity contribution is 6.13. The molecular weight excluding hydrogens is 423 g/mol. The van der Waals surface area contributed by atoms with Crippen LogP contribution < -0.4 is 21.1 Å². The van der Waals surface area contributed by atoms with E-state index in [1.165, 1.54) is 24.4 Å². The molecule has 3 aromatic rings. The van der Waals surface area contributed by atoms with Crippen LogP contribution in [0, 0.1) is 5.41 Å². The lowest BCUT2D eigenvalue weighted by molar-refractivity contribution is -0.274. The SMILES string of the molecule is C[C@@H](NC(=O)Nc1cc(N)c(C(=N)c2ccc(OC(F)(F)F)cc2)cn1)c1ccccc1. The highest BCUT2D eigenvalue weighted by atomic mass is 19.4. The van der Waals surface area contributed by atoms with E-state index in [1.807, 2.05) is 37.3 Å². The van der Waals surface area contributed by atoms with Crippen LogP contribution in [-0.2, 0) is 0 Å². The molecule has 5 N–H and O–H groups in total. The molecule has 10 heteroatoms. The number of hydrogen-bond donors (Lipinski definition) is 4. The van der Waals surface area contributed by atoms with E-state index in [-0.39, 0.29) is 28.8 Å². The van der Waals surface area contributed by atoms with Gasteiger partial charge in [-0.3, -0.25) is 10.7 Å². The fraction of sp³-hybridized carbons (Fsp3) is 0.136. The first-order valence-electron chi connectivity index (χ1n) is 9.45. The normalized spacial score (nSPS) is 12.0. The molecule has 0 aliphatic rings. The number of hydrogen-bond acceptors (Lipinski definition) is 5. The number of nitrogens with zero attached hydrogens (tertiary/aromatic N) is 1. The number of amides is 2. The van der Waals surface area contributed by atoms with E-state index in [9.17, 15) is 18.0 Å². The average molecular weight is 443 g/mol. The standard InChI is InChI=1S/C22H20F3N5O2/c1-13(14-5-3-2-4-6-14)29-21(31)30-19-11-18(26)17(12-28-19)20(27)15-7-9-16(10-8-15)32-22(23,24)25/h2-13,27H,1H3,(H4,26,28,29,30,31)/t13-/m1/s1. The van der Waals surface area contributed by atoms with Crippen molar-refractivity contribution in [1.29, 1.82) is 5.41 Å². The number of nitrogens with two attached hydrogens (primary N) is 1. The lowest BCUT2D eigenvalue weighted by Gasteiger charge is -2.15. The summed E-state index contributed by atoms with van der Waals surface area (Å²) in [4.78, 5) is 16.3. The summed E-state index contributed by atoms with van der Waals surface area (Å²) in [6.07, 6.45) is -3.48. The number of urea groups is 1. The van der Waals surface area contributed by atoms with Crippen LogP contribution in [0.4, 0.5) is 29.5 Å². The third kappa shape index (κ3) is 5.97. The molecule has 0 unspecified atom stereocenters. The Hall–Kier alpha value is -4.08. The van der Waals surface area contributed by atoms with Crippen molar-refractivity contribution in [3.8, 4) is 5.75 Å². The van der Waals surface area contributed by atoms with Crippen molar-refractivity contribution in [2.75, 3.05) is 11.1 Å². The summed E-state index contributed by atoms with van der Waals surface area (Å²) in [5.74, 6) is -0.207. The van der Waals surface area contributed by atoms with Gasteiger partial charge in [-0.1, -0.05) is 30.3 Å². The summed E-state index contributed by atoms with van der Waals surface area (Å²) in [6, 6.07) is 14.9. The Kier molecular flexibility index (Phi) is 6.62. The van der Waals surface area contributed by atoms with Gasteiger partial charge in [-0.05, 0) is 36.8 Å². The van der Waals surface area contributed by atoms with Gasteiger partial charge in [0.05, 0.1) is 11.8 Å². The predicted octanol–water partition coefficient (Wildman–Crippen LogP) is 4.86. The van der Waals surface area contributed by atoms with Crippen molar-refractivity contribution in [3.05, 3.63) is 83.6 Å². The van der Waals surface area contributed by atoms with Gasteiger partial charge in [0.25, 0.3) is 0 Å². The molecule has 0 aliphatic carbocycles. The van der Waals surface area contributed by atoms with Crippen LogP contribution in [0.3, 0.4) is 0 Å². The van der Waals surface area contributed by atoms with Gasteiger partial charge in [0.15, 0.2) is 0 Å². The highest BCUT2D eigenvalue weighted by Crippen LogP contribution is 2.24. The number of rotatable bonds is 6. The van der Waals surface area contributed by atoms with E-state index in [0.29, 0.717) is 5.56 Å². The van der Waals surface area contributed by atoms with E-state index >= 15 is 0 Å². The van der Waals surface area contributed by atoms with Crippen molar-refractivity contribution in [1.82, 2.24) is 10.3 Å². The summed E-state index contributed by atoms with van der Waals surface area (Å²) in [5, 5.41) is 13.6. The number of nitrogens with one attached hydrogen (secondary N) is 3. The van der Waals surface area contributed by atoms with Gasteiger partial charge in [-0.2, -0.15) is 0 Å². The molecule has 7 nitrogen and oxygen atoms in total. The molecule has 0 saturated heterocycles. The third-order valence-corrected chi connectivity index (χ3v) is 4.47. The van der Waals surface area contributed by atoms with Crippen LogP contribution in [0.2, 0.25) is 0 Å². The van der Waals surface area contributed by atoms with Crippen molar-refractivity contribution < 1.29 is 22.7 Å². The zero-order valence-corrected chi connectivity index (χ0v) is 16.9. The number of anilines is 2. The van der Waals surface area contributed by atoms with Gasteiger partial charge in [-0.15, -0.1) is 13.2 Å². The number of aromatic nitrogens is 1. The molecule has 32 heavy (non-hydrogen) atoms. The smallest absolute Gasteiger partial charge is 0.406 e. The number of halogens is 3. The number of nitrogen functional groups attached to an aromatic ring is 1. The first kappa shape index (κ1) is 22.6. The average Bonchev–Trinajstić information content (AvgIpc) is 2.73. The largest absolute Gasteiger partial charge is 0.573 e. The fourth-order valence-corrected chi connectivity index (χ4v) is 2.90. The van der Waals surface area contributed by atoms with Crippen molar-refractivity contribution in [2.45, 2.75) is 19.3 Å². The molecule has 2 aromatic carbocycles. The van der Waals surface area contributed by atoms with Crippen LogP contribution in [0.5, 0.6) is 5.75 Å². The minimum absolute atomic E-state index is 0.0396. The maximum atomic E-state index is 12.3. The predicted molar refractivity (Wildman–Crippen MR) is 115 cm³/mol. The quantitative estimate of drug-likeness (QED) is 0.408. The summed E-state index contributed by atoms with van der Waals surface area (Å²) in [5.41, 5.74) is 7.67. The Balaban J connectivity index is 1.65. The summed E-state index contributed by atoms with van der Waals surface area (Å²) in [6.45, 7) is 1.84. The Morgan fingerprint density at radius 3 is 2.38 bits per heavy atom. The van der Waals surface area contributed by atoms with Gasteiger partial charge in [0, 0.05) is 29.1 Å². The molecule has 1 heterocycles. The molecule has 0 saturated carbocycles. The molecule has 1 aromatic heterocycles. The van der Waals surface area contributed by atoms with Crippen LogP contribution in [0.25, 0.3) is 0 Å². The van der Waals surface area contributed by atoms with Gasteiger partial charge in [0.1, 0.15) is 11.6 Å². The number of benzene rings is 2. The number of pyridine rings is 1. The topological polar surface area (TPSA) is 113 Å². The van der Waals surface area contributed by atoms with Crippen molar-refractivity contribution in [2.24, 2.45) is 0 Å². The van der Waals surface area contributed by atoms with E-state index in [1.54, 1.807) is 0 Å². The van der Waals surface area contributed by atoms with Crippen LogP contribution in [-0.4, -0.2) is 23.1 Å². The highest BCUT2D eigenvalue weighted by Gasteiger charge is 2.31. The zero-order valence-electron chi connectivity index (χ0n) is 16.9. The maximum Gasteiger partial charge on any atom is 0.573 e. The van der Waals surface area contributed by atoms with E-state index in [0.717, 1.165) is 17.7 Å². The summed E-state index contributed by atoms with van der Waals surface area (Å²) in [7, 11) is 0. The third-order valence-electron chi connectivity index (χ3n) is 4.47. The number of ether oxygens (including phenoxy) is 1.